The fraction of sp³-hybridized carbons (Fsp3) is 0.500. The quantitative estimate of drug-likeness (QED) is 0.922. The average molecular weight is 307 g/mol. The van der Waals surface area contributed by atoms with E-state index >= 15 is 0 Å². The molecular formula is C16H22FN3O2. The number of anilines is 1. The summed E-state index contributed by atoms with van der Waals surface area (Å²) in [6.45, 7) is 0.533. The van der Waals surface area contributed by atoms with Gasteiger partial charge in [-0.25, -0.2) is 4.39 Å². The van der Waals surface area contributed by atoms with E-state index in [1.807, 2.05) is 14.1 Å². The first-order chi connectivity index (χ1) is 10.4. The van der Waals surface area contributed by atoms with Crippen molar-refractivity contribution in [2.75, 3.05) is 25.5 Å². The van der Waals surface area contributed by atoms with Gasteiger partial charge in [-0.05, 0) is 37.5 Å². The zero-order chi connectivity index (χ0) is 16.3. The molecule has 1 aliphatic rings. The molecule has 0 bridgehead atoms. The van der Waals surface area contributed by atoms with Crippen molar-refractivity contribution in [3.63, 3.8) is 0 Å². The molecule has 0 aromatic heterocycles. The molecule has 1 heterocycles. The lowest BCUT2D eigenvalue weighted by atomic mass is 9.97. The predicted molar refractivity (Wildman–Crippen MR) is 83.2 cm³/mol. The molecule has 0 saturated carbocycles. The van der Waals surface area contributed by atoms with E-state index in [2.05, 4.69) is 0 Å². The van der Waals surface area contributed by atoms with E-state index in [-0.39, 0.29) is 23.9 Å². The first kappa shape index (κ1) is 16.3. The van der Waals surface area contributed by atoms with Crippen LogP contribution >= 0.6 is 0 Å². The topological polar surface area (TPSA) is 66.6 Å². The van der Waals surface area contributed by atoms with Gasteiger partial charge in [-0.3, -0.25) is 9.59 Å². The van der Waals surface area contributed by atoms with E-state index in [0.29, 0.717) is 12.2 Å². The molecule has 2 amide bonds. The molecule has 6 heteroatoms. The molecule has 5 nitrogen and oxygen atoms in total. The summed E-state index contributed by atoms with van der Waals surface area (Å²) in [5.41, 5.74) is 5.99. The SMILES string of the molecule is CN(C)c1ccc(C(=O)N2CCCCC2CC(N)=O)c(F)c1. The van der Waals surface area contributed by atoms with Crippen LogP contribution in [0.2, 0.25) is 0 Å². The Morgan fingerprint density at radius 1 is 1.36 bits per heavy atom. The van der Waals surface area contributed by atoms with Gasteiger partial charge < -0.3 is 15.5 Å². The highest BCUT2D eigenvalue weighted by atomic mass is 19.1. The summed E-state index contributed by atoms with van der Waals surface area (Å²) >= 11 is 0. The lowest BCUT2D eigenvalue weighted by Gasteiger charge is -2.35. The van der Waals surface area contributed by atoms with Gasteiger partial charge in [-0.15, -0.1) is 0 Å². The van der Waals surface area contributed by atoms with Gasteiger partial charge in [0.15, 0.2) is 0 Å². The Morgan fingerprint density at radius 2 is 2.09 bits per heavy atom. The fourth-order valence-corrected chi connectivity index (χ4v) is 2.82. The number of likely N-dealkylation sites (tertiary alicyclic amines) is 1. The van der Waals surface area contributed by atoms with Gasteiger partial charge in [0.2, 0.25) is 5.91 Å². The van der Waals surface area contributed by atoms with Crippen molar-refractivity contribution in [3.05, 3.63) is 29.6 Å². The van der Waals surface area contributed by atoms with E-state index in [4.69, 9.17) is 5.73 Å². The predicted octanol–water partition coefficient (Wildman–Crippen LogP) is 1.76. The van der Waals surface area contributed by atoms with Crippen LogP contribution in [0, 0.1) is 5.82 Å². The number of nitrogens with two attached hydrogens (primary N) is 1. The maximum atomic E-state index is 14.2. The van der Waals surface area contributed by atoms with Gasteiger partial charge >= 0.3 is 0 Å². The summed E-state index contributed by atoms with van der Waals surface area (Å²) < 4.78 is 14.2. The van der Waals surface area contributed by atoms with Crippen LogP contribution in [-0.4, -0.2) is 43.4 Å². The highest BCUT2D eigenvalue weighted by Crippen LogP contribution is 2.24. The number of halogens is 1. The van der Waals surface area contributed by atoms with Gasteiger partial charge in [0.25, 0.3) is 5.91 Å². The summed E-state index contributed by atoms with van der Waals surface area (Å²) in [6, 6.07) is 4.33. The molecule has 1 atom stereocenters. The van der Waals surface area contributed by atoms with Crippen LogP contribution in [0.5, 0.6) is 0 Å². The van der Waals surface area contributed by atoms with Gasteiger partial charge in [0, 0.05) is 38.8 Å². The number of nitrogens with zero attached hydrogens (tertiary/aromatic N) is 2. The lowest BCUT2D eigenvalue weighted by molar-refractivity contribution is -0.119. The van der Waals surface area contributed by atoms with Crippen LogP contribution < -0.4 is 10.6 Å². The van der Waals surface area contributed by atoms with Gasteiger partial charge in [-0.1, -0.05) is 0 Å². The largest absolute Gasteiger partial charge is 0.378 e. The minimum atomic E-state index is -0.542. The number of carbonyl (C=O) groups excluding carboxylic acids is 2. The molecule has 1 unspecified atom stereocenters. The monoisotopic (exact) mass is 307 g/mol. The van der Waals surface area contributed by atoms with Gasteiger partial charge in [-0.2, -0.15) is 0 Å². The van der Waals surface area contributed by atoms with Crippen molar-refractivity contribution >= 4 is 17.5 Å². The van der Waals surface area contributed by atoms with E-state index in [1.54, 1.807) is 15.9 Å². The van der Waals surface area contributed by atoms with Crippen LogP contribution in [-0.2, 0) is 4.79 Å². The number of piperidine rings is 1. The molecule has 0 spiro atoms. The minimum Gasteiger partial charge on any atom is -0.378 e. The number of primary amides is 1. The van der Waals surface area contributed by atoms with E-state index in [9.17, 15) is 14.0 Å². The second-order valence-electron chi connectivity index (χ2n) is 5.88. The molecule has 1 aromatic carbocycles. The highest BCUT2D eigenvalue weighted by molar-refractivity contribution is 5.95. The average Bonchev–Trinajstić information content (AvgIpc) is 2.46. The Balaban J connectivity index is 2.23. The minimum absolute atomic E-state index is 0.0435. The number of amides is 2. The normalized spacial score (nSPS) is 18.1. The van der Waals surface area contributed by atoms with Crippen molar-refractivity contribution in [1.29, 1.82) is 0 Å². The summed E-state index contributed by atoms with van der Waals surface area (Å²) in [4.78, 5) is 27.1. The molecule has 1 saturated heterocycles. The molecule has 120 valence electrons. The van der Waals surface area contributed by atoms with Crippen molar-refractivity contribution in [2.24, 2.45) is 5.73 Å². The maximum Gasteiger partial charge on any atom is 0.257 e. The second kappa shape index (κ2) is 6.77. The Morgan fingerprint density at radius 3 is 2.68 bits per heavy atom. The standard InChI is InChI=1S/C16H22FN3O2/c1-19(2)11-6-7-13(14(17)9-11)16(22)20-8-4-3-5-12(20)10-15(18)21/h6-7,9,12H,3-5,8,10H2,1-2H3,(H2,18,21). The number of rotatable bonds is 4. The Labute approximate surface area is 129 Å². The summed E-state index contributed by atoms with van der Waals surface area (Å²) in [7, 11) is 3.62. The second-order valence-corrected chi connectivity index (χ2v) is 5.88. The van der Waals surface area contributed by atoms with Crippen LogP contribution in [0.15, 0.2) is 18.2 Å². The molecule has 1 fully saturated rings. The van der Waals surface area contributed by atoms with E-state index < -0.39 is 11.7 Å². The summed E-state index contributed by atoms with van der Waals surface area (Å²) in [5.74, 6) is -1.35. The Kier molecular flexibility index (Phi) is 5.00. The summed E-state index contributed by atoms with van der Waals surface area (Å²) in [5, 5.41) is 0. The smallest absolute Gasteiger partial charge is 0.257 e. The first-order valence-electron chi connectivity index (χ1n) is 7.46. The van der Waals surface area contributed by atoms with Gasteiger partial charge in [0.1, 0.15) is 5.82 Å². The third-order valence-corrected chi connectivity index (χ3v) is 4.02. The number of benzene rings is 1. The Bertz CT molecular complexity index is 575. The molecule has 0 radical (unpaired) electrons. The third kappa shape index (κ3) is 3.55. The third-order valence-electron chi connectivity index (χ3n) is 4.02. The molecular weight excluding hydrogens is 285 g/mol. The molecule has 0 aliphatic carbocycles. The number of hydrogen-bond acceptors (Lipinski definition) is 3. The van der Waals surface area contributed by atoms with Crippen molar-refractivity contribution < 1.29 is 14.0 Å². The highest BCUT2D eigenvalue weighted by Gasteiger charge is 2.30. The number of hydrogen-bond donors (Lipinski definition) is 1. The van der Waals surface area contributed by atoms with E-state index in [0.717, 1.165) is 19.3 Å². The van der Waals surface area contributed by atoms with Crippen LogP contribution in [0.25, 0.3) is 0 Å². The fourth-order valence-electron chi connectivity index (χ4n) is 2.82. The van der Waals surface area contributed by atoms with Gasteiger partial charge in [0.05, 0.1) is 5.56 Å². The summed E-state index contributed by atoms with van der Waals surface area (Å²) in [6.07, 6.45) is 2.66. The number of carbonyl (C=O) groups is 2. The molecule has 2 N–H and O–H groups in total. The molecule has 1 aliphatic heterocycles. The zero-order valence-corrected chi connectivity index (χ0v) is 13.0. The van der Waals surface area contributed by atoms with Crippen LogP contribution in [0.3, 0.4) is 0 Å². The first-order valence-corrected chi connectivity index (χ1v) is 7.46. The maximum absolute atomic E-state index is 14.2. The molecule has 2 rings (SSSR count). The van der Waals surface area contributed by atoms with E-state index in [1.165, 1.54) is 12.1 Å². The van der Waals surface area contributed by atoms with Crippen molar-refractivity contribution in [1.82, 2.24) is 4.90 Å². The Hall–Kier alpha value is -2.11. The van der Waals surface area contributed by atoms with Crippen LogP contribution in [0.4, 0.5) is 10.1 Å². The molecule has 22 heavy (non-hydrogen) atoms. The van der Waals surface area contributed by atoms with Crippen molar-refractivity contribution in [3.8, 4) is 0 Å². The van der Waals surface area contributed by atoms with Crippen LogP contribution in [0.1, 0.15) is 36.0 Å². The lowest BCUT2D eigenvalue weighted by Crippen LogP contribution is -2.45. The zero-order valence-electron chi connectivity index (χ0n) is 13.0. The molecule has 1 aromatic rings. The van der Waals surface area contributed by atoms with Crippen molar-refractivity contribution in [2.45, 2.75) is 31.7 Å².